The zero-order valence-corrected chi connectivity index (χ0v) is 19.3. The molecule has 3 aromatic rings. The van der Waals surface area contributed by atoms with Crippen molar-refractivity contribution >= 4 is 23.0 Å². The highest BCUT2D eigenvalue weighted by Gasteiger charge is 2.11. The van der Waals surface area contributed by atoms with Gasteiger partial charge in [-0.25, -0.2) is 4.98 Å². The summed E-state index contributed by atoms with van der Waals surface area (Å²) in [6, 6.07) is 14.0. The third-order valence-corrected chi connectivity index (χ3v) is 5.23. The van der Waals surface area contributed by atoms with Crippen molar-refractivity contribution in [3.05, 3.63) is 59.9 Å². The van der Waals surface area contributed by atoms with E-state index in [9.17, 15) is 4.79 Å². The molecular formula is C26H33N3O3. The Hall–Kier alpha value is -3.28. The number of nitrogens with one attached hydrogen (secondary N) is 1. The van der Waals surface area contributed by atoms with Gasteiger partial charge >= 0.3 is 0 Å². The van der Waals surface area contributed by atoms with Gasteiger partial charge in [0.25, 0.3) is 0 Å². The number of fused-ring (bicyclic) bond motifs is 1. The molecule has 1 heterocycles. The minimum Gasteiger partial charge on any atom is -0.493 e. The molecule has 2 aromatic carbocycles. The van der Waals surface area contributed by atoms with Crippen molar-refractivity contribution in [2.75, 3.05) is 13.7 Å². The van der Waals surface area contributed by atoms with Crippen LogP contribution in [0.15, 0.2) is 48.5 Å². The molecule has 0 radical (unpaired) electrons. The fraction of sp³-hybridized carbons (Fsp3) is 0.385. The number of imidazole rings is 1. The molecule has 0 aliphatic rings. The number of carbonyl (C=O) groups excluding carboxylic acids is 1. The molecule has 3 rings (SSSR count). The minimum absolute atomic E-state index is 0.0638. The summed E-state index contributed by atoms with van der Waals surface area (Å²) >= 11 is 0. The lowest BCUT2D eigenvalue weighted by atomic mass is 10.2. The Morgan fingerprint density at radius 3 is 2.78 bits per heavy atom. The van der Waals surface area contributed by atoms with Crippen molar-refractivity contribution in [2.45, 2.75) is 52.6 Å². The predicted molar refractivity (Wildman–Crippen MR) is 129 cm³/mol. The largest absolute Gasteiger partial charge is 0.493 e. The zero-order chi connectivity index (χ0) is 22.8. The second-order valence-corrected chi connectivity index (χ2v) is 7.66. The lowest BCUT2D eigenvalue weighted by Gasteiger charge is -2.13. The van der Waals surface area contributed by atoms with E-state index in [-0.39, 0.29) is 5.91 Å². The molecule has 1 amide bonds. The Morgan fingerprint density at radius 2 is 2.00 bits per heavy atom. The topological polar surface area (TPSA) is 65.4 Å². The first-order valence-electron chi connectivity index (χ1n) is 11.3. The highest BCUT2D eigenvalue weighted by atomic mass is 16.5. The quantitative estimate of drug-likeness (QED) is 0.389. The molecule has 0 fully saturated rings. The summed E-state index contributed by atoms with van der Waals surface area (Å²) in [5.74, 6) is 2.45. The molecule has 0 aliphatic heterocycles. The number of para-hydroxylation sites is 2. The first-order chi connectivity index (χ1) is 15.7. The minimum atomic E-state index is 0.0638. The van der Waals surface area contributed by atoms with Crippen LogP contribution in [0.3, 0.4) is 0 Å². The first-order valence-corrected chi connectivity index (χ1v) is 11.3. The average Bonchev–Trinajstić information content (AvgIpc) is 3.16. The Kier molecular flexibility index (Phi) is 8.72. The molecule has 0 spiro atoms. The normalized spacial score (nSPS) is 11.2. The van der Waals surface area contributed by atoms with Crippen molar-refractivity contribution < 1.29 is 14.3 Å². The number of rotatable bonds is 12. The van der Waals surface area contributed by atoms with Gasteiger partial charge in [-0.3, -0.25) is 4.79 Å². The van der Waals surface area contributed by atoms with Crippen molar-refractivity contribution in [3.63, 3.8) is 0 Å². The average molecular weight is 436 g/mol. The van der Waals surface area contributed by atoms with E-state index in [2.05, 4.69) is 16.0 Å². The molecule has 0 atom stereocenters. The molecule has 0 saturated carbocycles. The number of methoxy groups -OCH3 is 1. The number of aromatic nitrogens is 2. The van der Waals surface area contributed by atoms with Gasteiger partial charge in [-0.05, 0) is 56.0 Å². The number of nitrogens with zero attached hydrogens (tertiary/aromatic N) is 2. The number of aryl methyl sites for hydroxylation is 1. The maximum atomic E-state index is 11.9. The number of hydrogen-bond acceptors (Lipinski definition) is 4. The summed E-state index contributed by atoms with van der Waals surface area (Å²) < 4.78 is 13.6. The molecule has 32 heavy (non-hydrogen) atoms. The Labute approximate surface area is 190 Å². The van der Waals surface area contributed by atoms with Gasteiger partial charge in [0.05, 0.1) is 31.3 Å². The summed E-state index contributed by atoms with van der Waals surface area (Å²) in [6.07, 6.45) is 7.24. The van der Waals surface area contributed by atoms with Gasteiger partial charge in [0.2, 0.25) is 5.91 Å². The van der Waals surface area contributed by atoms with Crippen molar-refractivity contribution in [1.82, 2.24) is 14.9 Å². The Balaban J connectivity index is 1.58. The van der Waals surface area contributed by atoms with Crippen molar-refractivity contribution in [3.8, 4) is 11.5 Å². The van der Waals surface area contributed by atoms with Crippen LogP contribution in [0.5, 0.6) is 11.5 Å². The van der Waals surface area contributed by atoms with Crippen LogP contribution in [0.25, 0.3) is 17.1 Å². The number of benzene rings is 2. The lowest BCUT2D eigenvalue weighted by molar-refractivity contribution is -0.121. The number of carbonyl (C=O) groups is 1. The molecule has 0 saturated heterocycles. The smallest absolute Gasteiger partial charge is 0.220 e. The molecule has 170 valence electrons. The maximum absolute atomic E-state index is 11.9. The summed E-state index contributed by atoms with van der Waals surface area (Å²) in [5, 5.41) is 2.98. The second-order valence-electron chi connectivity index (χ2n) is 7.66. The second kappa shape index (κ2) is 11.9. The van der Waals surface area contributed by atoms with Gasteiger partial charge in [-0.15, -0.1) is 0 Å². The van der Waals surface area contributed by atoms with Gasteiger partial charge in [0.1, 0.15) is 5.82 Å². The van der Waals surface area contributed by atoms with E-state index in [4.69, 9.17) is 14.5 Å². The van der Waals surface area contributed by atoms with Gasteiger partial charge < -0.3 is 19.4 Å². The summed E-state index contributed by atoms with van der Waals surface area (Å²) in [5.41, 5.74) is 3.13. The monoisotopic (exact) mass is 435 g/mol. The predicted octanol–water partition coefficient (Wildman–Crippen LogP) is 5.35. The van der Waals surface area contributed by atoms with E-state index in [1.54, 1.807) is 7.11 Å². The molecule has 6 heteroatoms. The number of amides is 1. The van der Waals surface area contributed by atoms with Crippen LogP contribution in [0, 0.1) is 0 Å². The van der Waals surface area contributed by atoms with E-state index in [0.29, 0.717) is 19.6 Å². The van der Waals surface area contributed by atoms with E-state index in [0.717, 1.165) is 59.7 Å². The van der Waals surface area contributed by atoms with Gasteiger partial charge in [-0.1, -0.05) is 37.3 Å². The van der Waals surface area contributed by atoms with E-state index < -0.39 is 0 Å². The highest BCUT2D eigenvalue weighted by molar-refractivity contribution is 5.77. The van der Waals surface area contributed by atoms with E-state index >= 15 is 0 Å². The Bertz CT molecular complexity index is 1060. The van der Waals surface area contributed by atoms with Crippen LogP contribution < -0.4 is 14.8 Å². The summed E-state index contributed by atoms with van der Waals surface area (Å²) in [4.78, 5) is 16.6. The van der Waals surface area contributed by atoms with Crippen LogP contribution in [0.4, 0.5) is 0 Å². The molecule has 1 N–H and O–H groups in total. The third-order valence-electron chi connectivity index (χ3n) is 5.23. The first kappa shape index (κ1) is 23.4. The lowest BCUT2D eigenvalue weighted by Crippen LogP contribution is -2.24. The van der Waals surface area contributed by atoms with Gasteiger partial charge in [0, 0.05) is 13.0 Å². The van der Waals surface area contributed by atoms with Crippen molar-refractivity contribution in [2.24, 2.45) is 0 Å². The Morgan fingerprint density at radius 1 is 1.16 bits per heavy atom. The fourth-order valence-corrected chi connectivity index (χ4v) is 3.66. The molecule has 1 aromatic heterocycles. The molecule has 0 unspecified atom stereocenters. The summed E-state index contributed by atoms with van der Waals surface area (Å²) in [7, 11) is 1.66. The van der Waals surface area contributed by atoms with Crippen LogP contribution in [-0.4, -0.2) is 29.2 Å². The van der Waals surface area contributed by atoms with Gasteiger partial charge in [-0.2, -0.15) is 0 Å². The zero-order valence-electron chi connectivity index (χ0n) is 19.3. The standard InChI is InChI=1S/C26H33N3O3/c1-4-10-20-14-15-23(24(18-20)31-3)32-17-9-8-16-29-22-13-7-6-12-21(22)28-25(29)19-27-26(30)11-5-2/h4,6-7,10,12-15,18H,5,8-9,11,16-17,19H2,1-3H3,(H,27,30)/b10-4+. The SMILES string of the molecule is C/C=C/c1ccc(OCCCCn2c(CNC(=O)CCC)nc3ccccc32)c(OC)c1. The number of hydrogen-bond donors (Lipinski definition) is 1. The third kappa shape index (κ3) is 6.13. The maximum Gasteiger partial charge on any atom is 0.220 e. The fourth-order valence-electron chi connectivity index (χ4n) is 3.66. The molecular weight excluding hydrogens is 402 g/mol. The van der Waals surface area contributed by atoms with Crippen LogP contribution >= 0.6 is 0 Å². The van der Waals surface area contributed by atoms with E-state index in [1.807, 2.05) is 62.4 Å². The van der Waals surface area contributed by atoms with Crippen LogP contribution in [-0.2, 0) is 17.9 Å². The number of allylic oxidation sites excluding steroid dienone is 1. The van der Waals surface area contributed by atoms with Crippen molar-refractivity contribution in [1.29, 1.82) is 0 Å². The molecule has 6 nitrogen and oxygen atoms in total. The summed E-state index contributed by atoms with van der Waals surface area (Å²) in [6.45, 7) is 5.86. The van der Waals surface area contributed by atoms with E-state index in [1.165, 1.54) is 0 Å². The van der Waals surface area contributed by atoms with Crippen LogP contribution in [0.2, 0.25) is 0 Å². The molecule has 0 aliphatic carbocycles. The van der Waals surface area contributed by atoms with Crippen LogP contribution in [0.1, 0.15) is 50.9 Å². The van der Waals surface area contributed by atoms with Gasteiger partial charge in [0.15, 0.2) is 11.5 Å². The number of ether oxygens (including phenoxy) is 2. The molecule has 0 bridgehead atoms. The number of unbranched alkanes of at least 4 members (excludes halogenated alkanes) is 1. The highest BCUT2D eigenvalue weighted by Crippen LogP contribution is 2.28.